The maximum Gasteiger partial charge on any atom is 0.342 e. The number of H-pyrrole nitrogens is 1. The molecule has 0 amide bonds. The highest BCUT2D eigenvalue weighted by Gasteiger charge is 2.13. The Hall–Kier alpha value is -2.73. The Morgan fingerprint density at radius 2 is 2.00 bits per heavy atom. The SMILES string of the molecule is O=C(O)/C(=C/c1cccc(O)c1)Sc1nc2ccccc2[nH]1. The number of rotatable bonds is 4. The molecule has 6 heteroatoms. The normalized spacial score (nSPS) is 11.7. The van der Waals surface area contributed by atoms with E-state index >= 15 is 0 Å². The van der Waals surface area contributed by atoms with Crippen molar-refractivity contribution in [2.75, 3.05) is 0 Å². The van der Waals surface area contributed by atoms with Crippen LogP contribution in [0.3, 0.4) is 0 Å². The molecule has 110 valence electrons. The molecule has 0 spiro atoms. The van der Waals surface area contributed by atoms with Crippen molar-refractivity contribution >= 4 is 34.8 Å². The predicted molar refractivity (Wildman–Crippen MR) is 85.7 cm³/mol. The number of hydrogen-bond acceptors (Lipinski definition) is 4. The predicted octanol–water partition coefficient (Wildman–Crippen LogP) is 3.49. The van der Waals surface area contributed by atoms with E-state index in [0.29, 0.717) is 10.7 Å². The van der Waals surface area contributed by atoms with Gasteiger partial charge in [-0.2, -0.15) is 0 Å². The molecule has 3 rings (SSSR count). The molecule has 0 fully saturated rings. The van der Waals surface area contributed by atoms with Crippen molar-refractivity contribution in [2.24, 2.45) is 0 Å². The molecule has 0 radical (unpaired) electrons. The van der Waals surface area contributed by atoms with E-state index < -0.39 is 5.97 Å². The molecule has 0 bridgehead atoms. The van der Waals surface area contributed by atoms with Gasteiger partial charge in [-0.25, -0.2) is 9.78 Å². The number of benzene rings is 2. The molecule has 2 aromatic carbocycles. The Balaban J connectivity index is 1.93. The van der Waals surface area contributed by atoms with Gasteiger partial charge < -0.3 is 15.2 Å². The van der Waals surface area contributed by atoms with Crippen molar-refractivity contribution in [3.63, 3.8) is 0 Å². The summed E-state index contributed by atoms with van der Waals surface area (Å²) in [7, 11) is 0. The van der Waals surface area contributed by atoms with Crippen molar-refractivity contribution < 1.29 is 15.0 Å². The minimum Gasteiger partial charge on any atom is -0.508 e. The van der Waals surface area contributed by atoms with Crippen LogP contribution < -0.4 is 0 Å². The zero-order chi connectivity index (χ0) is 15.5. The molecule has 0 saturated carbocycles. The maximum atomic E-state index is 11.4. The Morgan fingerprint density at radius 3 is 2.73 bits per heavy atom. The average molecular weight is 312 g/mol. The number of carboxylic acids is 1. The first kappa shape index (κ1) is 14.2. The van der Waals surface area contributed by atoms with Gasteiger partial charge in [0, 0.05) is 0 Å². The lowest BCUT2D eigenvalue weighted by molar-refractivity contribution is -0.131. The number of thioether (sulfide) groups is 1. The summed E-state index contributed by atoms with van der Waals surface area (Å²) in [5.41, 5.74) is 2.25. The first-order valence-corrected chi connectivity index (χ1v) is 7.30. The van der Waals surface area contributed by atoms with Gasteiger partial charge in [0.2, 0.25) is 0 Å². The van der Waals surface area contributed by atoms with Gasteiger partial charge in [0.25, 0.3) is 0 Å². The van der Waals surface area contributed by atoms with E-state index in [1.165, 1.54) is 18.2 Å². The molecule has 0 aliphatic carbocycles. The summed E-state index contributed by atoms with van der Waals surface area (Å²) in [5, 5.41) is 19.3. The molecule has 0 atom stereocenters. The number of aromatic hydroxyl groups is 1. The summed E-state index contributed by atoms with van der Waals surface area (Å²) in [6.07, 6.45) is 1.50. The van der Waals surface area contributed by atoms with Crippen LogP contribution in [-0.4, -0.2) is 26.2 Å². The molecule has 22 heavy (non-hydrogen) atoms. The van der Waals surface area contributed by atoms with Gasteiger partial charge in [-0.3, -0.25) is 0 Å². The van der Waals surface area contributed by atoms with Crippen LogP contribution in [0.2, 0.25) is 0 Å². The summed E-state index contributed by atoms with van der Waals surface area (Å²) < 4.78 is 0. The fourth-order valence-electron chi connectivity index (χ4n) is 1.98. The van der Waals surface area contributed by atoms with Gasteiger partial charge in [0.1, 0.15) is 10.7 Å². The lowest BCUT2D eigenvalue weighted by Gasteiger charge is -2.00. The van der Waals surface area contributed by atoms with E-state index in [4.69, 9.17) is 0 Å². The fraction of sp³-hybridized carbons (Fsp3) is 0. The summed E-state index contributed by atoms with van der Waals surface area (Å²) in [6, 6.07) is 13.9. The lowest BCUT2D eigenvalue weighted by Crippen LogP contribution is -1.97. The largest absolute Gasteiger partial charge is 0.508 e. The third-order valence-corrected chi connectivity index (χ3v) is 3.85. The summed E-state index contributed by atoms with van der Waals surface area (Å²) in [6.45, 7) is 0. The number of phenolic OH excluding ortho intramolecular Hbond substituents is 1. The van der Waals surface area contributed by atoms with E-state index in [2.05, 4.69) is 9.97 Å². The number of carboxylic acid groups (broad SMARTS) is 1. The Bertz CT molecular complexity index is 837. The summed E-state index contributed by atoms with van der Waals surface area (Å²) in [4.78, 5) is 19.0. The molecule has 0 aliphatic heterocycles. The van der Waals surface area contributed by atoms with E-state index in [-0.39, 0.29) is 10.7 Å². The van der Waals surface area contributed by atoms with Crippen LogP contribution in [0.4, 0.5) is 0 Å². The summed E-state index contributed by atoms with van der Waals surface area (Å²) >= 11 is 1.04. The van der Waals surface area contributed by atoms with Gasteiger partial charge in [-0.1, -0.05) is 24.3 Å². The van der Waals surface area contributed by atoms with Crippen molar-refractivity contribution in [1.29, 1.82) is 0 Å². The Labute approximate surface area is 130 Å². The highest BCUT2D eigenvalue weighted by Crippen LogP contribution is 2.28. The number of nitrogens with zero attached hydrogens (tertiary/aromatic N) is 1. The topological polar surface area (TPSA) is 86.2 Å². The Kier molecular flexibility index (Phi) is 3.84. The molecular formula is C16H12N2O3S. The molecule has 5 nitrogen and oxygen atoms in total. The molecular weight excluding hydrogens is 300 g/mol. The third-order valence-electron chi connectivity index (χ3n) is 2.95. The van der Waals surface area contributed by atoms with Crippen LogP contribution in [-0.2, 0) is 4.79 Å². The van der Waals surface area contributed by atoms with Crippen molar-refractivity contribution in [3.8, 4) is 5.75 Å². The summed E-state index contributed by atoms with van der Waals surface area (Å²) in [5.74, 6) is -0.957. The lowest BCUT2D eigenvalue weighted by atomic mass is 10.2. The molecule has 0 aliphatic rings. The number of hydrogen-bond donors (Lipinski definition) is 3. The number of para-hydroxylation sites is 2. The Morgan fingerprint density at radius 1 is 1.18 bits per heavy atom. The minimum atomic E-state index is -1.05. The molecule has 3 N–H and O–H groups in total. The number of carbonyl (C=O) groups is 1. The monoisotopic (exact) mass is 312 g/mol. The average Bonchev–Trinajstić information content (AvgIpc) is 2.89. The number of fused-ring (bicyclic) bond motifs is 1. The molecule has 0 saturated heterocycles. The first-order valence-electron chi connectivity index (χ1n) is 6.48. The second-order valence-corrected chi connectivity index (χ2v) is 5.60. The number of imidazole rings is 1. The van der Waals surface area contributed by atoms with Gasteiger partial charge in [0.15, 0.2) is 5.16 Å². The van der Waals surface area contributed by atoms with E-state index in [9.17, 15) is 15.0 Å². The second-order valence-electron chi connectivity index (χ2n) is 4.57. The van der Waals surface area contributed by atoms with Crippen molar-refractivity contribution in [3.05, 3.63) is 59.0 Å². The molecule has 1 aromatic heterocycles. The van der Waals surface area contributed by atoms with Crippen LogP contribution in [0.25, 0.3) is 17.1 Å². The maximum absolute atomic E-state index is 11.4. The van der Waals surface area contributed by atoms with Gasteiger partial charge in [0.05, 0.1) is 11.0 Å². The quantitative estimate of drug-likeness (QED) is 0.507. The fourth-order valence-corrected chi connectivity index (χ4v) is 2.78. The zero-order valence-corrected chi connectivity index (χ0v) is 12.2. The van der Waals surface area contributed by atoms with Gasteiger partial charge in [-0.05, 0) is 47.7 Å². The van der Waals surface area contributed by atoms with E-state index in [1.54, 1.807) is 12.1 Å². The number of aromatic nitrogens is 2. The second kappa shape index (κ2) is 5.95. The zero-order valence-electron chi connectivity index (χ0n) is 11.4. The minimum absolute atomic E-state index is 0.0900. The highest BCUT2D eigenvalue weighted by atomic mass is 32.2. The van der Waals surface area contributed by atoms with Gasteiger partial charge in [-0.15, -0.1) is 0 Å². The number of aromatic amines is 1. The number of nitrogens with one attached hydrogen (secondary N) is 1. The first-order chi connectivity index (χ1) is 10.6. The number of aliphatic carboxylic acids is 1. The smallest absolute Gasteiger partial charge is 0.342 e. The molecule has 3 aromatic rings. The third kappa shape index (κ3) is 3.12. The standard InChI is InChI=1S/C16H12N2O3S/c19-11-5-3-4-10(8-11)9-14(15(20)21)22-16-17-12-6-1-2-7-13(12)18-16/h1-9,19H,(H,17,18)(H,20,21)/b14-9-. The van der Waals surface area contributed by atoms with E-state index in [0.717, 1.165) is 22.8 Å². The van der Waals surface area contributed by atoms with Crippen LogP contribution in [0.15, 0.2) is 58.6 Å². The van der Waals surface area contributed by atoms with E-state index in [1.807, 2.05) is 24.3 Å². The molecule has 1 heterocycles. The van der Waals surface area contributed by atoms with Crippen molar-refractivity contribution in [1.82, 2.24) is 9.97 Å². The van der Waals surface area contributed by atoms with Gasteiger partial charge >= 0.3 is 5.97 Å². The molecule has 0 unspecified atom stereocenters. The van der Waals surface area contributed by atoms with Crippen LogP contribution >= 0.6 is 11.8 Å². The highest BCUT2D eigenvalue weighted by molar-refractivity contribution is 8.04. The van der Waals surface area contributed by atoms with Crippen LogP contribution in [0, 0.1) is 0 Å². The van der Waals surface area contributed by atoms with Crippen LogP contribution in [0.1, 0.15) is 5.56 Å². The van der Waals surface area contributed by atoms with Crippen LogP contribution in [0.5, 0.6) is 5.75 Å². The van der Waals surface area contributed by atoms with Crippen molar-refractivity contribution in [2.45, 2.75) is 5.16 Å². The number of phenols is 1.